The first-order chi connectivity index (χ1) is 8.18. The zero-order valence-electron chi connectivity index (χ0n) is 9.69. The Morgan fingerprint density at radius 3 is 2.94 bits per heavy atom. The van der Waals surface area contributed by atoms with Crippen molar-refractivity contribution in [2.75, 3.05) is 6.54 Å². The predicted octanol–water partition coefficient (Wildman–Crippen LogP) is 2.18. The zero-order valence-corrected chi connectivity index (χ0v) is 10.5. The Bertz CT molecular complexity index is 392. The minimum atomic E-state index is -0.674. The molecule has 1 aliphatic carbocycles. The van der Waals surface area contributed by atoms with Gasteiger partial charge in [0.05, 0.1) is 5.60 Å². The molecule has 0 atom stereocenters. The van der Waals surface area contributed by atoms with Crippen LogP contribution in [0.3, 0.4) is 0 Å². The lowest BCUT2D eigenvalue weighted by Crippen LogP contribution is -2.40. The highest BCUT2D eigenvalue weighted by Gasteiger charge is 2.30. The van der Waals surface area contributed by atoms with Gasteiger partial charge in [-0.15, -0.1) is 11.3 Å². The molecule has 0 aromatic carbocycles. The molecule has 1 saturated carbocycles. The van der Waals surface area contributed by atoms with Crippen molar-refractivity contribution in [1.82, 2.24) is 5.32 Å². The van der Waals surface area contributed by atoms with Gasteiger partial charge >= 0.3 is 0 Å². The molecule has 0 radical (unpaired) electrons. The second kappa shape index (κ2) is 5.47. The van der Waals surface area contributed by atoms with Crippen molar-refractivity contribution in [2.24, 2.45) is 0 Å². The maximum absolute atomic E-state index is 11.5. The van der Waals surface area contributed by atoms with E-state index in [1.54, 1.807) is 17.4 Å². The fourth-order valence-electron chi connectivity index (χ4n) is 2.06. The van der Waals surface area contributed by atoms with E-state index in [1.807, 2.05) is 17.5 Å². The van der Waals surface area contributed by atoms with Gasteiger partial charge in [0.15, 0.2) is 0 Å². The summed E-state index contributed by atoms with van der Waals surface area (Å²) in [6.45, 7) is 0.362. The molecule has 17 heavy (non-hydrogen) atoms. The quantitative estimate of drug-likeness (QED) is 0.806. The van der Waals surface area contributed by atoms with Crippen LogP contribution in [0.25, 0.3) is 6.08 Å². The van der Waals surface area contributed by atoms with E-state index in [2.05, 4.69) is 5.32 Å². The summed E-state index contributed by atoms with van der Waals surface area (Å²) in [7, 11) is 0. The normalized spacial score (nSPS) is 18.6. The fraction of sp³-hybridized carbons (Fsp3) is 0.462. The summed E-state index contributed by atoms with van der Waals surface area (Å²) in [5.41, 5.74) is -0.674. The number of rotatable bonds is 4. The van der Waals surface area contributed by atoms with Crippen LogP contribution in [0.15, 0.2) is 23.6 Å². The lowest BCUT2D eigenvalue weighted by atomic mass is 10.0. The van der Waals surface area contributed by atoms with Crippen LogP contribution in [-0.4, -0.2) is 23.2 Å². The number of hydrogen-bond donors (Lipinski definition) is 2. The lowest BCUT2D eigenvalue weighted by Gasteiger charge is -2.21. The van der Waals surface area contributed by atoms with Gasteiger partial charge in [-0.2, -0.15) is 0 Å². The summed E-state index contributed by atoms with van der Waals surface area (Å²) in [5, 5.41) is 14.8. The van der Waals surface area contributed by atoms with E-state index in [0.29, 0.717) is 6.54 Å². The molecule has 92 valence electrons. The molecule has 4 heteroatoms. The van der Waals surface area contributed by atoms with Gasteiger partial charge in [0, 0.05) is 17.5 Å². The molecular weight excluding hydrogens is 234 g/mol. The van der Waals surface area contributed by atoms with Crippen LogP contribution >= 0.6 is 11.3 Å². The van der Waals surface area contributed by atoms with Crippen molar-refractivity contribution in [3.63, 3.8) is 0 Å². The van der Waals surface area contributed by atoms with Gasteiger partial charge < -0.3 is 10.4 Å². The topological polar surface area (TPSA) is 49.3 Å². The lowest BCUT2D eigenvalue weighted by molar-refractivity contribution is -0.117. The van der Waals surface area contributed by atoms with Crippen LogP contribution in [0.5, 0.6) is 0 Å². The second-order valence-corrected chi connectivity index (χ2v) is 5.48. The highest BCUT2D eigenvalue weighted by atomic mass is 32.1. The Kier molecular flexibility index (Phi) is 3.97. The van der Waals surface area contributed by atoms with Crippen LogP contribution in [-0.2, 0) is 4.79 Å². The first-order valence-corrected chi connectivity index (χ1v) is 6.78. The monoisotopic (exact) mass is 251 g/mol. The molecular formula is C13H17NO2S. The Morgan fingerprint density at radius 1 is 1.53 bits per heavy atom. The third-order valence-corrected chi connectivity index (χ3v) is 3.91. The van der Waals surface area contributed by atoms with Crippen molar-refractivity contribution < 1.29 is 9.90 Å². The zero-order chi connectivity index (χ0) is 12.1. The maximum Gasteiger partial charge on any atom is 0.244 e. The minimum Gasteiger partial charge on any atom is -0.388 e. The van der Waals surface area contributed by atoms with Crippen molar-refractivity contribution in [3.05, 3.63) is 28.5 Å². The van der Waals surface area contributed by atoms with Gasteiger partial charge in [-0.1, -0.05) is 18.9 Å². The second-order valence-electron chi connectivity index (χ2n) is 4.50. The van der Waals surface area contributed by atoms with E-state index in [0.717, 1.165) is 30.6 Å². The number of carbonyl (C=O) groups is 1. The first kappa shape index (κ1) is 12.3. The molecule has 2 N–H and O–H groups in total. The van der Waals surface area contributed by atoms with Crippen molar-refractivity contribution in [1.29, 1.82) is 0 Å². The molecule has 0 saturated heterocycles. The molecule has 0 aliphatic heterocycles. The SMILES string of the molecule is O=C(C=Cc1cccs1)NCC1(O)CCCC1. The smallest absolute Gasteiger partial charge is 0.244 e. The van der Waals surface area contributed by atoms with E-state index < -0.39 is 5.60 Å². The molecule has 1 fully saturated rings. The van der Waals surface area contributed by atoms with E-state index >= 15 is 0 Å². The Hall–Kier alpha value is -1.13. The molecule has 1 aliphatic rings. The number of thiophene rings is 1. The summed E-state index contributed by atoms with van der Waals surface area (Å²) in [4.78, 5) is 12.6. The van der Waals surface area contributed by atoms with Crippen molar-refractivity contribution >= 4 is 23.3 Å². The molecule has 1 heterocycles. The summed E-state index contributed by atoms with van der Waals surface area (Å²) in [5.74, 6) is -0.140. The number of nitrogens with one attached hydrogen (secondary N) is 1. The van der Waals surface area contributed by atoms with Crippen LogP contribution in [0.1, 0.15) is 30.6 Å². The average Bonchev–Trinajstić information content (AvgIpc) is 2.95. The van der Waals surface area contributed by atoms with Gasteiger partial charge in [0.2, 0.25) is 5.91 Å². The average molecular weight is 251 g/mol. The Morgan fingerprint density at radius 2 is 2.29 bits per heavy atom. The van der Waals surface area contributed by atoms with Gasteiger partial charge in [-0.25, -0.2) is 0 Å². The third-order valence-electron chi connectivity index (χ3n) is 3.07. The standard InChI is InChI=1S/C13H17NO2S/c15-12(6-5-11-4-3-9-17-11)14-10-13(16)7-1-2-8-13/h3-6,9,16H,1-2,7-8,10H2,(H,14,15). The molecule has 2 rings (SSSR count). The summed E-state index contributed by atoms with van der Waals surface area (Å²) >= 11 is 1.59. The van der Waals surface area contributed by atoms with E-state index in [-0.39, 0.29) is 5.91 Å². The molecule has 3 nitrogen and oxygen atoms in total. The van der Waals surface area contributed by atoms with Crippen LogP contribution < -0.4 is 5.32 Å². The van der Waals surface area contributed by atoms with Gasteiger partial charge in [-0.3, -0.25) is 4.79 Å². The van der Waals surface area contributed by atoms with Crippen molar-refractivity contribution in [3.8, 4) is 0 Å². The van der Waals surface area contributed by atoms with Crippen LogP contribution in [0.2, 0.25) is 0 Å². The van der Waals surface area contributed by atoms with Crippen LogP contribution in [0.4, 0.5) is 0 Å². The summed E-state index contributed by atoms with van der Waals surface area (Å²) in [6.07, 6.45) is 7.00. The number of amides is 1. The van der Waals surface area contributed by atoms with Crippen molar-refractivity contribution in [2.45, 2.75) is 31.3 Å². The molecule has 1 aromatic rings. The number of hydrogen-bond acceptors (Lipinski definition) is 3. The summed E-state index contributed by atoms with van der Waals surface area (Å²) in [6, 6.07) is 3.91. The van der Waals surface area contributed by atoms with E-state index in [9.17, 15) is 9.90 Å². The van der Waals surface area contributed by atoms with Gasteiger partial charge in [0.25, 0.3) is 0 Å². The molecule has 0 spiro atoms. The third kappa shape index (κ3) is 3.68. The van der Waals surface area contributed by atoms with Crippen LogP contribution in [0, 0.1) is 0 Å². The molecule has 1 aromatic heterocycles. The highest BCUT2D eigenvalue weighted by molar-refractivity contribution is 7.10. The fourth-order valence-corrected chi connectivity index (χ4v) is 2.68. The first-order valence-electron chi connectivity index (χ1n) is 5.90. The number of carbonyl (C=O) groups excluding carboxylic acids is 1. The molecule has 0 unspecified atom stereocenters. The predicted molar refractivity (Wildman–Crippen MR) is 69.8 cm³/mol. The van der Waals surface area contributed by atoms with Gasteiger partial charge in [-0.05, 0) is 30.4 Å². The Labute approximate surface area is 105 Å². The van der Waals surface area contributed by atoms with E-state index in [4.69, 9.17) is 0 Å². The largest absolute Gasteiger partial charge is 0.388 e. The van der Waals surface area contributed by atoms with E-state index in [1.165, 1.54) is 6.08 Å². The summed E-state index contributed by atoms with van der Waals surface area (Å²) < 4.78 is 0. The highest BCUT2D eigenvalue weighted by Crippen LogP contribution is 2.28. The maximum atomic E-state index is 11.5. The molecule has 0 bridgehead atoms. The molecule has 1 amide bonds. The van der Waals surface area contributed by atoms with Gasteiger partial charge in [0.1, 0.15) is 0 Å². The Balaban J connectivity index is 1.78. The number of aliphatic hydroxyl groups is 1. The minimum absolute atomic E-state index is 0.140.